The zero-order chi connectivity index (χ0) is 10.1. The molecular formula is C10H11BrN2O. The van der Waals surface area contributed by atoms with Crippen LogP contribution in [0.25, 0.3) is 5.52 Å². The fourth-order valence-electron chi connectivity index (χ4n) is 1.40. The molecule has 0 aliphatic carbocycles. The van der Waals surface area contributed by atoms with Crippen LogP contribution < -0.4 is 4.74 Å². The molecule has 0 saturated heterocycles. The molecule has 0 aliphatic heterocycles. The van der Waals surface area contributed by atoms with Crippen molar-refractivity contribution in [2.24, 2.45) is 0 Å². The zero-order valence-corrected chi connectivity index (χ0v) is 9.71. The van der Waals surface area contributed by atoms with Crippen LogP contribution in [0.5, 0.6) is 5.88 Å². The predicted molar refractivity (Wildman–Crippen MR) is 58.8 cm³/mol. The molecule has 0 atom stereocenters. The van der Waals surface area contributed by atoms with Crippen LogP contribution in [0, 0.1) is 0 Å². The first-order chi connectivity index (χ1) is 6.76. The molecule has 3 nitrogen and oxygen atoms in total. The zero-order valence-electron chi connectivity index (χ0n) is 8.12. The molecule has 2 heterocycles. The Kier molecular flexibility index (Phi) is 2.46. The number of ether oxygens (including phenoxy) is 1. The number of fused-ring (bicyclic) bond motifs is 1. The van der Waals surface area contributed by atoms with Gasteiger partial charge in [-0.25, -0.2) is 0 Å². The Morgan fingerprint density at radius 1 is 1.50 bits per heavy atom. The van der Waals surface area contributed by atoms with Crippen LogP contribution in [0.3, 0.4) is 0 Å². The first-order valence-electron chi connectivity index (χ1n) is 4.47. The molecule has 0 fully saturated rings. The molecule has 0 N–H and O–H groups in total. The lowest BCUT2D eigenvalue weighted by molar-refractivity contribution is 0.385. The average Bonchev–Trinajstić information content (AvgIpc) is 2.63. The van der Waals surface area contributed by atoms with Gasteiger partial charge in [-0.1, -0.05) is 6.92 Å². The Bertz CT molecular complexity index is 464. The largest absolute Gasteiger partial charge is 0.481 e. The van der Waals surface area contributed by atoms with Crippen LogP contribution in [0.4, 0.5) is 0 Å². The molecule has 2 aromatic rings. The van der Waals surface area contributed by atoms with E-state index < -0.39 is 0 Å². The average molecular weight is 255 g/mol. The Morgan fingerprint density at radius 3 is 2.93 bits per heavy atom. The van der Waals surface area contributed by atoms with Crippen molar-refractivity contribution in [1.82, 2.24) is 9.61 Å². The normalized spacial score (nSPS) is 10.8. The van der Waals surface area contributed by atoms with Gasteiger partial charge in [-0.15, -0.1) is 0 Å². The smallest absolute Gasteiger partial charge is 0.214 e. The van der Waals surface area contributed by atoms with Crippen molar-refractivity contribution in [2.75, 3.05) is 7.11 Å². The summed E-state index contributed by atoms with van der Waals surface area (Å²) >= 11 is 3.49. The van der Waals surface area contributed by atoms with E-state index in [9.17, 15) is 0 Å². The first kappa shape index (κ1) is 9.52. The topological polar surface area (TPSA) is 26.5 Å². The molecule has 0 bridgehead atoms. The molecule has 0 saturated carbocycles. The molecule has 2 rings (SSSR count). The van der Waals surface area contributed by atoms with E-state index in [1.807, 2.05) is 16.6 Å². The molecule has 4 heteroatoms. The molecular weight excluding hydrogens is 244 g/mol. The predicted octanol–water partition coefficient (Wildman–Crippen LogP) is 2.67. The number of aryl methyl sites for hydroxylation is 1. The highest BCUT2D eigenvalue weighted by Crippen LogP contribution is 2.24. The highest BCUT2D eigenvalue weighted by atomic mass is 79.9. The molecule has 14 heavy (non-hydrogen) atoms. The summed E-state index contributed by atoms with van der Waals surface area (Å²) in [5.41, 5.74) is 2.11. The van der Waals surface area contributed by atoms with Gasteiger partial charge in [-0.3, -0.25) is 0 Å². The van der Waals surface area contributed by atoms with Crippen molar-refractivity contribution in [3.05, 3.63) is 28.4 Å². The standard InChI is InChI=1S/C10H11BrN2O/c1-3-7-6-9-8(11)4-5-10(14-2)13(9)12-7/h4-6H,3H2,1-2H3. The van der Waals surface area contributed by atoms with Crippen molar-refractivity contribution >= 4 is 21.4 Å². The number of methoxy groups -OCH3 is 1. The third kappa shape index (κ3) is 1.39. The molecule has 0 aromatic carbocycles. The highest BCUT2D eigenvalue weighted by molar-refractivity contribution is 9.10. The van der Waals surface area contributed by atoms with Gasteiger partial charge < -0.3 is 4.74 Å². The van der Waals surface area contributed by atoms with Gasteiger partial charge in [0.25, 0.3) is 0 Å². The molecule has 74 valence electrons. The van der Waals surface area contributed by atoms with Gasteiger partial charge >= 0.3 is 0 Å². The van der Waals surface area contributed by atoms with Crippen LogP contribution in [0.2, 0.25) is 0 Å². The maximum absolute atomic E-state index is 5.22. The maximum Gasteiger partial charge on any atom is 0.214 e. The minimum atomic E-state index is 0.753. The fourth-order valence-corrected chi connectivity index (χ4v) is 1.81. The number of pyridine rings is 1. The van der Waals surface area contributed by atoms with E-state index in [1.165, 1.54) is 0 Å². The lowest BCUT2D eigenvalue weighted by Gasteiger charge is -2.03. The van der Waals surface area contributed by atoms with Crippen molar-refractivity contribution < 1.29 is 4.74 Å². The Labute approximate surface area is 90.8 Å². The number of aromatic nitrogens is 2. The number of hydrogen-bond acceptors (Lipinski definition) is 2. The van der Waals surface area contributed by atoms with Crippen molar-refractivity contribution in [2.45, 2.75) is 13.3 Å². The molecule has 0 amide bonds. The lowest BCUT2D eigenvalue weighted by Crippen LogP contribution is -1.96. The maximum atomic E-state index is 5.22. The van der Waals surface area contributed by atoms with Crippen LogP contribution in [0.15, 0.2) is 22.7 Å². The number of halogens is 1. The van der Waals surface area contributed by atoms with Crippen LogP contribution >= 0.6 is 15.9 Å². The van der Waals surface area contributed by atoms with Crippen LogP contribution in [-0.2, 0) is 6.42 Å². The fraction of sp³-hybridized carbons (Fsp3) is 0.300. The van der Waals surface area contributed by atoms with Crippen molar-refractivity contribution in [3.63, 3.8) is 0 Å². The van der Waals surface area contributed by atoms with E-state index in [0.717, 1.165) is 28.0 Å². The van der Waals surface area contributed by atoms with Crippen LogP contribution in [-0.4, -0.2) is 16.7 Å². The summed E-state index contributed by atoms with van der Waals surface area (Å²) in [5.74, 6) is 0.753. The second-order valence-electron chi connectivity index (χ2n) is 3.01. The summed E-state index contributed by atoms with van der Waals surface area (Å²) in [5, 5.41) is 4.42. The summed E-state index contributed by atoms with van der Waals surface area (Å²) in [6.07, 6.45) is 0.928. The Morgan fingerprint density at radius 2 is 2.29 bits per heavy atom. The van der Waals surface area contributed by atoms with Gasteiger partial charge in [0.05, 0.1) is 18.3 Å². The van der Waals surface area contributed by atoms with Gasteiger partial charge in [-0.05, 0) is 34.5 Å². The quantitative estimate of drug-likeness (QED) is 0.824. The van der Waals surface area contributed by atoms with E-state index in [2.05, 4.69) is 34.0 Å². The van der Waals surface area contributed by atoms with E-state index >= 15 is 0 Å². The minimum Gasteiger partial charge on any atom is -0.481 e. The third-order valence-corrected chi connectivity index (χ3v) is 2.83. The Hall–Kier alpha value is -1.03. The van der Waals surface area contributed by atoms with Gasteiger partial charge in [0.1, 0.15) is 0 Å². The SMILES string of the molecule is CCc1cc2c(Br)ccc(OC)n2n1. The van der Waals surface area contributed by atoms with Gasteiger partial charge in [0, 0.05) is 10.5 Å². The summed E-state index contributed by atoms with van der Waals surface area (Å²) in [7, 11) is 1.65. The highest BCUT2D eigenvalue weighted by Gasteiger charge is 2.07. The second-order valence-corrected chi connectivity index (χ2v) is 3.86. The number of nitrogens with zero attached hydrogens (tertiary/aromatic N) is 2. The Balaban J connectivity index is 2.74. The number of hydrogen-bond donors (Lipinski definition) is 0. The molecule has 0 unspecified atom stereocenters. The molecule has 0 radical (unpaired) electrons. The van der Waals surface area contributed by atoms with E-state index in [0.29, 0.717) is 0 Å². The first-order valence-corrected chi connectivity index (χ1v) is 5.26. The third-order valence-electron chi connectivity index (χ3n) is 2.16. The van der Waals surface area contributed by atoms with Crippen molar-refractivity contribution in [3.8, 4) is 5.88 Å². The lowest BCUT2D eigenvalue weighted by atomic mass is 10.3. The monoisotopic (exact) mass is 254 g/mol. The van der Waals surface area contributed by atoms with E-state index in [1.54, 1.807) is 7.11 Å². The number of rotatable bonds is 2. The summed E-state index contributed by atoms with van der Waals surface area (Å²) in [6.45, 7) is 2.09. The summed E-state index contributed by atoms with van der Waals surface area (Å²) < 4.78 is 8.06. The minimum absolute atomic E-state index is 0.753. The van der Waals surface area contributed by atoms with Gasteiger partial charge in [0.2, 0.25) is 5.88 Å². The van der Waals surface area contributed by atoms with E-state index in [4.69, 9.17) is 4.74 Å². The summed E-state index contributed by atoms with van der Waals surface area (Å²) in [4.78, 5) is 0. The summed E-state index contributed by atoms with van der Waals surface area (Å²) in [6, 6.07) is 5.92. The van der Waals surface area contributed by atoms with Crippen molar-refractivity contribution in [1.29, 1.82) is 0 Å². The van der Waals surface area contributed by atoms with Gasteiger partial charge in [0.15, 0.2) is 0 Å². The van der Waals surface area contributed by atoms with Crippen LogP contribution in [0.1, 0.15) is 12.6 Å². The molecule has 2 aromatic heterocycles. The second kappa shape index (κ2) is 3.61. The van der Waals surface area contributed by atoms with E-state index in [-0.39, 0.29) is 0 Å². The van der Waals surface area contributed by atoms with Gasteiger partial charge in [-0.2, -0.15) is 9.61 Å². The molecule has 0 aliphatic rings. The molecule has 0 spiro atoms.